The summed E-state index contributed by atoms with van der Waals surface area (Å²) in [7, 11) is 0. The van der Waals surface area contributed by atoms with Gasteiger partial charge in [0.15, 0.2) is 0 Å². The van der Waals surface area contributed by atoms with E-state index in [0.717, 1.165) is 13.1 Å². The van der Waals surface area contributed by atoms with Crippen molar-refractivity contribution >= 4 is 0 Å². The monoisotopic (exact) mass is 285 g/mol. The zero-order chi connectivity index (χ0) is 15.6. The molecule has 0 aliphatic heterocycles. The van der Waals surface area contributed by atoms with Gasteiger partial charge in [0.1, 0.15) is 0 Å². The summed E-state index contributed by atoms with van der Waals surface area (Å²) >= 11 is 0. The molecule has 0 spiro atoms. The zero-order valence-electron chi connectivity index (χ0n) is 14.1. The summed E-state index contributed by atoms with van der Waals surface area (Å²) in [6.07, 6.45) is 2.01. The lowest BCUT2D eigenvalue weighted by Gasteiger charge is -2.17. The molecule has 0 saturated heterocycles. The molecule has 0 atom stereocenters. The van der Waals surface area contributed by atoms with Crippen molar-refractivity contribution in [2.24, 2.45) is 0 Å². The SMILES string of the molecule is CCNCc1cnn(-c2c(C)cc(C)cc2C)c1C(C)C. The van der Waals surface area contributed by atoms with Crippen LogP contribution in [0.4, 0.5) is 0 Å². The first-order valence-corrected chi connectivity index (χ1v) is 7.81. The number of hydrogen-bond donors (Lipinski definition) is 1. The second kappa shape index (κ2) is 6.44. The first-order chi connectivity index (χ1) is 9.95. The van der Waals surface area contributed by atoms with Crippen molar-refractivity contribution < 1.29 is 0 Å². The Morgan fingerprint density at radius 1 is 1.14 bits per heavy atom. The molecular formula is C18H27N3. The molecule has 3 nitrogen and oxygen atoms in total. The summed E-state index contributed by atoms with van der Waals surface area (Å²) < 4.78 is 2.14. The Hall–Kier alpha value is -1.61. The summed E-state index contributed by atoms with van der Waals surface area (Å²) in [5, 5.41) is 8.10. The topological polar surface area (TPSA) is 29.9 Å². The Kier molecular flexibility index (Phi) is 4.84. The van der Waals surface area contributed by atoms with E-state index in [1.165, 1.54) is 33.6 Å². The van der Waals surface area contributed by atoms with E-state index in [0.29, 0.717) is 5.92 Å². The molecule has 0 amide bonds. The third-order valence-corrected chi connectivity index (χ3v) is 3.85. The third kappa shape index (κ3) is 3.18. The third-order valence-electron chi connectivity index (χ3n) is 3.85. The first kappa shape index (κ1) is 15.8. The summed E-state index contributed by atoms with van der Waals surface area (Å²) in [6.45, 7) is 15.0. The molecule has 0 radical (unpaired) electrons. The number of aryl methyl sites for hydroxylation is 3. The van der Waals surface area contributed by atoms with Gasteiger partial charge < -0.3 is 5.32 Å². The highest BCUT2D eigenvalue weighted by molar-refractivity contribution is 5.50. The molecule has 0 bridgehead atoms. The summed E-state index contributed by atoms with van der Waals surface area (Å²) in [5.41, 5.74) is 7.71. The maximum Gasteiger partial charge on any atom is 0.0707 e. The van der Waals surface area contributed by atoms with Crippen LogP contribution in [0.1, 0.15) is 54.6 Å². The predicted octanol–water partition coefficient (Wildman–Crippen LogP) is 4.03. The molecular weight excluding hydrogens is 258 g/mol. The smallest absolute Gasteiger partial charge is 0.0707 e. The number of rotatable bonds is 5. The quantitative estimate of drug-likeness (QED) is 0.899. The molecule has 2 rings (SSSR count). The Balaban J connectivity index is 2.57. The normalized spacial score (nSPS) is 11.4. The van der Waals surface area contributed by atoms with Gasteiger partial charge >= 0.3 is 0 Å². The van der Waals surface area contributed by atoms with Crippen molar-refractivity contribution in [1.82, 2.24) is 15.1 Å². The minimum absolute atomic E-state index is 0.446. The van der Waals surface area contributed by atoms with Crippen molar-refractivity contribution in [1.29, 1.82) is 0 Å². The lowest BCUT2D eigenvalue weighted by atomic mass is 10.0. The maximum atomic E-state index is 4.69. The van der Waals surface area contributed by atoms with E-state index in [1.54, 1.807) is 0 Å². The Morgan fingerprint density at radius 3 is 2.29 bits per heavy atom. The van der Waals surface area contributed by atoms with E-state index in [4.69, 9.17) is 0 Å². The molecule has 0 unspecified atom stereocenters. The molecule has 1 heterocycles. The molecule has 0 saturated carbocycles. The lowest BCUT2D eigenvalue weighted by molar-refractivity contribution is 0.687. The molecule has 0 fully saturated rings. The molecule has 0 aliphatic rings. The van der Waals surface area contributed by atoms with Gasteiger partial charge in [0, 0.05) is 12.1 Å². The van der Waals surface area contributed by atoms with Crippen molar-refractivity contribution in [3.8, 4) is 5.69 Å². The number of hydrogen-bond acceptors (Lipinski definition) is 2. The Bertz CT molecular complexity index is 600. The molecule has 2 aromatic rings. The van der Waals surface area contributed by atoms with Gasteiger partial charge in [-0.3, -0.25) is 0 Å². The highest BCUT2D eigenvalue weighted by Crippen LogP contribution is 2.27. The molecule has 114 valence electrons. The second-order valence-electron chi connectivity index (χ2n) is 6.15. The summed E-state index contributed by atoms with van der Waals surface area (Å²) in [6, 6.07) is 4.47. The highest BCUT2D eigenvalue weighted by atomic mass is 15.3. The fourth-order valence-electron chi connectivity index (χ4n) is 3.09. The average molecular weight is 285 g/mol. The number of nitrogens with zero attached hydrogens (tertiary/aromatic N) is 2. The Labute approximate surface area is 128 Å². The molecule has 1 aromatic carbocycles. The molecule has 1 aromatic heterocycles. The van der Waals surface area contributed by atoms with Crippen LogP contribution in [0.5, 0.6) is 0 Å². The zero-order valence-corrected chi connectivity index (χ0v) is 14.1. The Morgan fingerprint density at radius 2 is 1.76 bits per heavy atom. The average Bonchev–Trinajstić information content (AvgIpc) is 2.78. The van der Waals surface area contributed by atoms with Crippen molar-refractivity contribution in [2.45, 2.75) is 54.0 Å². The molecule has 21 heavy (non-hydrogen) atoms. The highest BCUT2D eigenvalue weighted by Gasteiger charge is 2.17. The number of benzene rings is 1. The van der Waals surface area contributed by atoms with Crippen LogP contribution in [0.25, 0.3) is 5.69 Å². The summed E-state index contributed by atoms with van der Waals surface area (Å²) in [4.78, 5) is 0. The van der Waals surface area contributed by atoms with E-state index >= 15 is 0 Å². The van der Waals surface area contributed by atoms with Crippen LogP contribution in [0.15, 0.2) is 18.3 Å². The minimum Gasteiger partial charge on any atom is -0.313 e. The van der Waals surface area contributed by atoms with E-state index in [1.807, 2.05) is 6.20 Å². The summed E-state index contributed by atoms with van der Waals surface area (Å²) in [5.74, 6) is 0.446. The number of nitrogens with one attached hydrogen (secondary N) is 1. The largest absolute Gasteiger partial charge is 0.313 e. The molecule has 3 heteroatoms. The van der Waals surface area contributed by atoms with Gasteiger partial charge in [-0.1, -0.05) is 38.5 Å². The minimum atomic E-state index is 0.446. The van der Waals surface area contributed by atoms with Crippen LogP contribution in [-0.4, -0.2) is 16.3 Å². The first-order valence-electron chi connectivity index (χ1n) is 7.81. The molecule has 0 aliphatic carbocycles. The van der Waals surface area contributed by atoms with Crippen molar-refractivity contribution in [2.75, 3.05) is 6.54 Å². The van der Waals surface area contributed by atoms with Crippen molar-refractivity contribution in [3.05, 3.63) is 46.3 Å². The van der Waals surface area contributed by atoms with Gasteiger partial charge in [0.05, 0.1) is 17.6 Å². The fourth-order valence-corrected chi connectivity index (χ4v) is 3.09. The van der Waals surface area contributed by atoms with E-state index in [9.17, 15) is 0 Å². The predicted molar refractivity (Wildman–Crippen MR) is 89.2 cm³/mol. The van der Waals surface area contributed by atoms with Crippen LogP contribution in [0, 0.1) is 20.8 Å². The van der Waals surface area contributed by atoms with Crippen LogP contribution < -0.4 is 5.32 Å². The van der Waals surface area contributed by atoms with Gasteiger partial charge in [-0.2, -0.15) is 5.10 Å². The lowest BCUT2D eigenvalue weighted by Crippen LogP contribution is -2.15. The second-order valence-corrected chi connectivity index (χ2v) is 6.15. The van der Waals surface area contributed by atoms with Crippen LogP contribution in [-0.2, 0) is 6.54 Å². The van der Waals surface area contributed by atoms with Crippen LogP contribution in [0.2, 0.25) is 0 Å². The van der Waals surface area contributed by atoms with E-state index < -0.39 is 0 Å². The number of aromatic nitrogens is 2. The van der Waals surface area contributed by atoms with Gasteiger partial charge in [0.2, 0.25) is 0 Å². The van der Waals surface area contributed by atoms with Gasteiger partial charge in [-0.15, -0.1) is 0 Å². The van der Waals surface area contributed by atoms with Crippen LogP contribution >= 0.6 is 0 Å². The maximum absolute atomic E-state index is 4.69. The van der Waals surface area contributed by atoms with Gasteiger partial charge in [-0.05, 0) is 44.4 Å². The van der Waals surface area contributed by atoms with Gasteiger partial charge in [0.25, 0.3) is 0 Å². The standard InChI is InChI=1S/C18H27N3/c1-7-19-10-16-11-20-21(17(16)12(2)3)18-14(5)8-13(4)9-15(18)6/h8-9,11-12,19H,7,10H2,1-6H3. The van der Waals surface area contributed by atoms with Gasteiger partial charge in [-0.25, -0.2) is 4.68 Å². The fraction of sp³-hybridized carbons (Fsp3) is 0.500. The van der Waals surface area contributed by atoms with E-state index in [-0.39, 0.29) is 0 Å². The van der Waals surface area contributed by atoms with Crippen LogP contribution in [0.3, 0.4) is 0 Å². The van der Waals surface area contributed by atoms with E-state index in [2.05, 4.69) is 68.8 Å². The molecule has 1 N–H and O–H groups in total. The van der Waals surface area contributed by atoms with Crippen molar-refractivity contribution in [3.63, 3.8) is 0 Å².